The minimum absolute atomic E-state index is 0.327. The van der Waals surface area contributed by atoms with Crippen molar-refractivity contribution in [1.29, 1.82) is 0 Å². The average Bonchev–Trinajstić information content (AvgIpc) is 3.06. The number of carbonyl (C=O) groups excluding carboxylic acids is 1. The Morgan fingerprint density at radius 1 is 1.00 bits per heavy atom. The van der Waals surface area contributed by atoms with Crippen molar-refractivity contribution in [1.82, 2.24) is 4.98 Å². The standard InChI is InChI=1S/C25H25NO2/c1-15-26-23-10-21(25-11-17-6-18(12-25)8-19(7-17)13-25)9-22(24(23)28-15)20-4-2-16(14-27)3-5-20/h2-5,9-10,14,17-19H,6-8,11-13H2,1H3. The molecule has 7 rings (SSSR count). The summed E-state index contributed by atoms with van der Waals surface area (Å²) >= 11 is 0. The molecule has 1 heterocycles. The first-order valence-corrected chi connectivity index (χ1v) is 10.6. The first-order valence-electron chi connectivity index (χ1n) is 10.6. The van der Waals surface area contributed by atoms with Gasteiger partial charge in [-0.25, -0.2) is 4.98 Å². The van der Waals surface area contributed by atoms with Crippen molar-refractivity contribution in [2.45, 2.75) is 50.9 Å². The van der Waals surface area contributed by atoms with Crippen LogP contribution in [0.1, 0.15) is 60.3 Å². The lowest BCUT2D eigenvalue weighted by Gasteiger charge is -2.57. The van der Waals surface area contributed by atoms with Crippen LogP contribution in [0.25, 0.3) is 22.2 Å². The Labute approximate surface area is 165 Å². The highest BCUT2D eigenvalue weighted by Crippen LogP contribution is 2.61. The fourth-order valence-corrected chi connectivity index (χ4v) is 6.87. The van der Waals surface area contributed by atoms with Crippen LogP contribution in [-0.4, -0.2) is 11.3 Å². The molecule has 4 saturated carbocycles. The fourth-order valence-electron chi connectivity index (χ4n) is 6.87. The van der Waals surface area contributed by atoms with Crippen molar-refractivity contribution in [3.63, 3.8) is 0 Å². The summed E-state index contributed by atoms with van der Waals surface area (Å²) < 4.78 is 6.00. The summed E-state index contributed by atoms with van der Waals surface area (Å²) in [5.74, 6) is 3.45. The van der Waals surface area contributed by atoms with Crippen molar-refractivity contribution in [3.05, 3.63) is 53.4 Å². The van der Waals surface area contributed by atoms with Crippen LogP contribution in [0.4, 0.5) is 0 Å². The van der Waals surface area contributed by atoms with Gasteiger partial charge in [0.25, 0.3) is 0 Å². The second-order valence-electron chi connectivity index (χ2n) is 9.54. The van der Waals surface area contributed by atoms with E-state index in [1.165, 1.54) is 44.1 Å². The van der Waals surface area contributed by atoms with E-state index >= 15 is 0 Å². The van der Waals surface area contributed by atoms with E-state index in [1.54, 1.807) is 0 Å². The molecule has 0 spiro atoms. The molecule has 0 radical (unpaired) electrons. The Balaban J connectivity index is 1.53. The molecule has 3 nitrogen and oxygen atoms in total. The molecular formula is C25H25NO2. The summed E-state index contributed by atoms with van der Waals surface area (Å²) in [5, 5.41) is 0. The molecule has 0 unspecified atom stereocenters. The Kier molecular flexibility index (Phi) is 3.42. The van der Waals surface area contributed by atoms with E-state index in [-0.39, 0.29) is 0 Å². The lowest BCUT2D eigenvalue weighted by Crippen LogP contribution is -2.48. The molecule has 4 aliphatic carbocycles. The van der Waals surface area contributed by atoms with Gasteiger partial charge < -0.3 is 4.42 Å². The van der Waals surface area contributed by atoms with Crippen molar-refractivity contribution in [3.8, 4) is 11.1 Å². The third-order valence-electron chi connectivity index (χ3n) is 7.61. The summed E-state index contributed by atoms with van der Waals surface area (Å²) in [5.41, 5.74) is 6.53. The monoisotopic (exact) mass is 371 g/mol. The maximum absolute atomic E-state index is 11.1. The molecule has 0 saturated heterocycles. The van der Waals surface area contributed by atoms with Crippen LogP contribution in [0, 0.1) is 24.7 Å². The van der Waals surface area contributed by atoms with Gasteiger partial charge >= 0.3 is 0 Å². The van der Waals surface area contributed by atoms with E-state index in [2.05, 4.69) is 12.1 Å². The summed E-state index contributed by atoms with van der Waals surface area (Å²) in [4.78, 5) is 15.8. The quantitative estimate of drug-likeness (QED) is 0.524. The Morgan fingerprint density at radius 3 is 2.25 bits per heavy atom. The number of benzene rings is 2. The molecule has 28 heavy (non-hydrogen) atoms. The zero-order valence-electron chi connectivity index (χ0n) is 16.3. The molecule has 0 N–H and O–H groups in total. The average molecular weight is 371 g/mol. The van der Waals surface area contributed by atoms with Gasteiger partial charge in [-0.3, -0.25) is 4.79 Å². The van der Waals surface area contributed by atoms with Gasteiger partial charge in [0.1, 0.15) is 11.8 Å². The predicted octanol–water partition coefficient (Wildman–Crippen LogP) is 6.08. The molecule has 0 aliphatic heterocycles. The third kappa shape index (κ3) is 2.41. The minimum Gasteiger partial charge on any atom is -0.440 e. The summed E-state index contributed by atoms with van der Waals surface area (Å²) in [6.45, 7) is 1.92. The second kappa shape index (κ2) is 5.79. The molecule has 142 valence electrons. The van der Waals surface area contributed by atoms with Gasteiger partial charge in [-0.15, -0.1) is 0 Å². The van der Waals surface area contributed by atoms with E-state index in [1.807, 2.05) is 31.2 Å². The molecule has 4 bridgehead atoms. The number of hydrogen-bond donors (Lipinski definition) is 0. The van der Waals surface area contributed by atoms with E-state index in [9.17, 15) is 4.79 Å². The van der Waals surface area contributed by atoms with Gasteiger partial charge in [0.05, 0.1) is 0 Å². The van der Waals surface area contributed by atoms with Gasteiger partial charge in [0.2, 0.25) is 0 Å². The largest absolute Gasteiger partial charge is 0.440 e. The third-order valence-corrected chi connectivity index (χ3v) is 7.61. The molecule has 3 aromatic rings. The van der Waals surface area contributed by atoms with Crippen LogP contribution in [-0.2, 0) is 5.41 Å². The highest BCUT2D eigenvalue weighted by molar-refractivity contribution is 5.92. The van der Waals surface area contributed by atoms with Gasteiger partial charge in [-0.1, -0.05) is 24.3 Å². The fraction of sp³-hybridized carbons (Fsp3) is 0.440. The number of aromatic nitrogens is 1. The second-order valence-corrected chi connectivity index (χ2v) is 9.54. The number of aldehydes is 1. The molecule has 0 atom stereocenters. The van der Waals surface area contributed by atoms with E-state index < -0.39 is 0 Å². The van der Waals surface area contributed by atoms with E-state index in [0.717, 1.165) is 46.3 Å². The van der Waals surface area contributed by atoms with Crippen molar-refractivity contribution in [2.75, 3.05) is 0 Å². The predicted molar refractivity (Wildman–Crippen MR) is 109 cm³/mol. The summed E-state index contributed by atoms with van der Waals surface area (Å²) in [6.07, 6.45) is 9.25. The highest BCUT2D eigenvalue weighted by atomic mass is 16.3. The van der Waals surface area contributed by atoms with Crippen molar-refractivity contribution in [2.24, 2.45) is 17.8 Å². The van der Waals surface area contributed by atoms with Gasteiger partial charge in [0, 0.05) is 18.1 Å². The van der Waals surface area contributed by atoms with Crippen LogP contribution in [0.2, 0.25) is 0 Å². The van der Waals surface area contributed by atoms with Gasteiger partial charge in [-0.2, -0.15) is 0 Å². The zero-order chi connectivity index (χ0) is 18.9. The van der Waals surface area contributed by atoms with Gasteiger partial charge in [0.15, 0.2) is 11.5 Å². The Bertz CT molecular complexity index is 1040. The number of carbonyl (C=O) groups is 1. The van der Waals surface area contributed by atoms with Crippen molar-refractivity contribution < 1.29 is 9.21 Å². The lowest BCUT2D eigenvalue weighted by molar-refractivity contribution is -0.00512. The lowest BCUT2D eigenvalue weighted by atomic mass is 9.48. The number of fused-ring (bicyclic) bond motifs is 1. The number of nitrogens with zero attached hydrogens (tertiary/aromatic N) is 1. The zero-order valence-corrected chi connectivity index (χ0v) is 16.3. The van der Waals surface area contributed by atoms with Crippen LogP contribution < -0.4 is 0 Å². The molecular weight excluding hydrogens is 346 g/mol. The highest BCUT2D eigenvalue weighted by Gasteiger charge is 2.51. The van der Waals surface area contributed by atoms with Crippen LogP contribution in [0.3, 0.4) is 0 Å². The Hall–Kier alpha value is -2.42. The minimum atomic E-state index is 0.327. The van der Waals surface area contributed by atoms with Crippen molar-refractivity contribution >= 4 is 17.4 Å². The topological polar surface area (TPSA) is 43.1 Å². The first-order chi connectivity index (χ1) is 13.6. The molecule has 3 heteroatoms. The molecule has 4 fully saturated rings. The van der Waals surface area contributed by atoms with Gasteiger partial charge in [-0.05, 0) is 85.0 Å². The maximum Gasteiger partial charge on any atom is 0.192 e. The van der Waals surface area contributed by atoms with Crippen LogP contribution in [0.5, 0.6) is 0 Å². The number of oxazole rings is 1. The molecule has 2 aromatic carbocycles. The van der Waals surface area contributed by atoms with Crippen LogP contribution in [0.15, 0.2) is 40.8 Å². The molecule has 1 aromatic heterocycles. The van der Waals surface area contributed by atoms with Crippen LogP contribution >= 0.6 is 0 Å². The van der Waals surface area contributed by atoms with E-state index in [4.69, 9.17) is 9.40 Å². The number of rotatable bonds is 3. The Morgan fingerprint density at radius 2 is 1.64 bits per heavy atom. The first kappa shape index (κ1) is 16.5. The SMILES string of the molecule is Cc1nc2cc(C34CC5CC(CC(C5)C3)C4)cc(-c3ccc(C=O)cc3)c2o1. The summed E-state index contributed by atoms with van der Waals surface area (Å²) in [6, 6.07) is 12.5. The normalized spacial score (nSPS) is 30.8. The summed E-state index contributed by atoms with van der Waals surface area (Å²) in [7, 11) is 0. The smallest absolute Gasteiger partial charge is 0.192 e. The van der Waals surface area contributed by atoms with E-state index in [0.29, 0.717) is 16.9 Å². The number of hydrogen-bond acceptors (Lipinski definition) is 3. The molecule has 4 aliphatic rings. The number of aryl methyl sites for hydroxylation is 1. The maximum atomic E-state index is 11.1. The molecule has 0 amide bonds.